The van der Waals surface area contributed by atoms with Crippen molar-refractivity contribution in [3.63, 3.8) is 0 Å². The Bertz CT molecular complexity index is 535. The topological polar surface area (TPSA) is 34.2 Å². The largest absolute Gasteiger partial charge is 0.381 e. The fourth-order valence-corrected chi connectivity index (χ4v) is 2.07. The average Bonchev–Trinajstić information content (AvgIpc) is 2.27. The van der Waals surface area contributed by atoms with Gasteiger partial charge in [-0.15, -0.1) is 0 Å². The molecular weight excluding hydrogens is 212 g/mol. The molecule has 3 rings (SSSR count). The molecule has 1 fully saturated rings. The standard InChI is InChI=1S/C14H16N2O/c1-10-2-3-12-4-5-15-14(13(12)6-10)16-7-11-8-17-9-11/h2-6,11H,7-9H2,1H3,(H,15,16). The third-order valence-electron chi connectivity index (χ3n) is 3.19. The molecule has 2 heterocycles. The van der Waals surface area contributed by atoms with Crippen LogP contribution >= 0.6 is 0 Å². The first-order valence-corrected chi connectivity index (χ1v) is 6.00. The number of nitrogens with zero attached hydrogens (tertiary/aromatic N) is 1. The molecule has 0 aliphatic carbocycles. The number of nitrogens with one attached hydrogen (secondary N) is 1. The van der Waals surface area contributed by atoms with Crippen molar-refractivity contribution in [3.8, 4) is 0 Å². The maximum atomic E-state index is 5.17. The van der Waals surface area contributed by atoms with E-state index in [1.54, 1.807) is 0 Å². The van der Waals surface area contributed by atoms with Gasteiger partial charge in [-0.05, 0) is 24.4 Å². The molecule has 0 amide bonds. The summed E-state index contributed by atoms with van der Waals surface area (Å²) in [6.45, 7) is 4.80. The number of fused-ring (bicyclic) bond motifs is 1. The minimum Gasteiger partial charge on any atom is -0.381 e. The summed E-state index contributed by atoms with van der Waals surface area (Å²) in [4.78, 5) is 4.43. The lowest BCUT2D eigenvalue weighted by Gasteiger charge is -2.26. The summed E-state index contributed by atoms with van der Waals surface area (Å²) in [5, 5.41) is 5.86. The van der Waals surface area contributed by atoms with Gasteiger partial charge in [-0.3, -0.25) is 0 Å². The van der Waals surface area contributed by atoms with Crippen LogP contribution in [0, 0.1) is 12.8 Å². The van der Waals surface area contributed by atoms with E-state index < -0.39 is 0 Å². The van der Waals surface area contributed by atoms with Crippen molar-refractivity contribution in [1.29, 1.82) is 0 Å². The molecule has 17 heavy (non-hydrogen) atoms. The van der Waals surface area contributed by atoms with Crippen molar-refractivity contribution in [2.75, 3.05) is 25.1 Å². The van der Waals surface area contributed by atoms with Crippen LogP contribution < -0.4 is 5.32 Å². The van der Waals surface area contributed by atoms with Crippen molar-refractivity contribution in [1.82, 2.24) is 4.98 Å². The summed E-state index contributed by atoms with van der Waals surface area (Å²) in [5.41, 5.74) is 1.26. The number of hydrogen-bond donors (Lipinski definition) is 1. The molecule has 2 aromatic rings. The van der Waals surface area contributed by atoms with E-state index in [9.17, 15) is 0 Å². The Labute approximate surface area is 101 Å². The zero-order valence-electron chi connectivity index (χ0n) is 9.94. The van der Waals surface area contributed by atoms with E-state index in [-0.39, 0.29) is 0 Å². The molecule has 3 heteroatoms. The number of anilines is 1. The van der Waals surface area contributed by atoms with Crippen LogP contribution in [0.15, 0.2) is 30.5 Å². The summed E-state index contributed by atoms with van der Waals surface area (Å²) >= 11 is 0. The maximum Gasteiger partial charge on any atom is 0.133 e. The molecule has 1 aromatic heterocycles. The second-order valence-corrected chi connectivity index (χ2v) is 4.67. The Morgan fingerprint density at radius 1 is 1.35 bits per heavy atom. The van der Waals surface area contributed by atoms with E-state index in [0.29, 0.717) is 5.92 Å². The van der Waals surface area contributed by atoms with Crippen LogP contribution in [0.4, 0.5) is 5.82 Å². The fourth-order valence-electron chi connectivity index (χ4n) is 2.07. The molecule has 0 unspecified atom stereocenters. The lowest BCUT2D eigenvalue weighted by molar-refractivity contribution is -0.0248. The Morgan fingerprint density at radius 3 is 3.00 bits per heavy atom. The van der Waals surface area contributed by atoms with Crippen LogP contribution in [-0.4, -0.2) is 24.7 Å². The second kappa shape index (κ2) is 4.34. The normalized spacial score (nSPS) is 15.8. The summed E-state index contributed by atoms with van der Waals surface area (Å²) in [6, 6.07) is 8.50. The highest BCUT2D eigenvalue weighted by Crippen LogP contribution is 2.22. The van der Waals surface area contributed by atoms with E-state index in [2.05, 4.69) is 35.4 Å². The maximum absolute atomic E-state index is 5.17. The number of aryl methyl sites for hydroxylation is 1. The van der Waals surface area contributed by atoms with E-state index >= 15 is 0 Å². The summed E-state index contributed by atoms with van der Waals surface area (Å²) < 4.78 is 5.17. The summed E-state index contributed by atoms with van der Waals surface area (Å²) in [5.74, 6) is 1.62. The summed E-state index contributed by atoms with van der Waals surface area (Å²) in [6.07, 6.45) is 1.86. The van der Waals surface area contributed by atoms with E-state index in [0.717, 1.165) is 25.6 Å². The number of benzene rings is 1. The molecule has 1 aliphatic rings. The monoisotopic (exact) mass is 228 g/mol. The van der Waals surface area contributed by atoms with Gasteiger partial charge in [0.15, 0.2) is 0 Å². The highest BCUT2D eigenvalue weighted by molar-refractivity contribution is 5.92. The molecule has 0 spiro atoms. The molecule has 0 bridgehead atoms. The number of pyridine rings is 1. The SMILES string of the molecule is Cc1ccc2ccnc(NCC3COC3)c2c1. The van der Waals surface area contributed by atoms with Gasteiger partial charge in [-0.25, -0.2) is 4.98 Å². The van der Waals surface area contributed by atoms with Crippen molar-refractivity contribution >= 4 is 16.6 Å². The third-order valence-corrected chi connectivity index (χ3v) is 3.19. The Hall–Kier alpha value is -1.61. The molecule has 1 aromatic carbocycles. The van der Waals surface area contributed by atoms with Gasteiger partial charge >= 0.3 is 0 Å². The molecule has 3 nitrogen and oxygen atoms in total. The molecule has 0 saturated carbocycles. The van der Waals surface area contributed by atoms with Gasteiger partial charge in [0.05, 0.1) is 13.2 Å². The summed E-state index contributed by atoms with van der Waals surface area (Å²) in [7, 11) is 0. The van der Waals surface area contributed by atoms with Gasteiger partial charge < -0.3 is 10.1 Å². The molecule has 0 atom stereocenters. The van der Waals surface area contributed by atoms with Gasteiger partial charge in [0, 0.05) is 24.0 Å². The van der Waals surface area contributed by atoms with Crippen molar-refractivity contribution in [2.45, 2.75) is 6.92 Å². The van der Waals surface area contributed by atoms with Gasteiger partial charge in [0.25, 0.3) is 0 Å². The van der Waals surface area contributed by atoms with E-state index in [1.807, 2.05) is 12.3 Å². The Balaban J connectivity index is 1.88. The van der Waals surface area contributed by atoms with Gasteiger partial charge in [0.1, 0.15) is 5.82 Å². The van der Waals surface area contributed by atoms with Crippen LogP contribution in [0.5, 0.6) is 0 Å². The van der Waals surface area contributed by atoms with Gasteiger partial charge in [-0.2, -0.15) is 0 Å². The zero-order valence-corrected chi connectivity index (χ0v) is 9.94. The van der Waals surface area contributed by atoms with Crippen LogP contribution in [0.1, 0.15) is 5.56 Å². The van der Waals surface area contributed by atoms with Crippen LogP contribution in [0.25, 0.3) is 10.8 Å². The van der Waals surface area contributed by atoms with Crippen molar-refractivity contribution in [2.24, 2.45) is 5.92 Å². The quantitative estimate of drug-likeness (QED) is 0.876. The van der Waals surface area contributed by atoms with Gasteiger partial charge in [0.2, 0.25) is 0 Å². The fraction of sp³-hybridized carbons (Fsp3) is 0.357. The Morgan fingerprint density at radius 2 is 2.24 bits per heavy atom. The highest BCUT2D eigenvalue weighted by atomic mass is 16.5. The second-order valence-electron chi connectivity index (χ2n) is 4.67. The smallest absolute Gasteiger partial charge is 0.133 e. The first-order chi connectivity index (χ1) is 8.33. The lowest BCUT2D eigenvalue weighted by atomic mass is 10.1. The molecule has 1 N–H and O–H groups in total. The zero-order chi connectivity index (χ0) is 11.7. The first kappa shape index (κ1) is 10.5. The number of hydrogen-bond acceptors (Lipinski definition) is 3. The molecular formula is C14H16N2O. The van der Waals surface area contributed by atoms with Crippen LogP contribution in [0.2, 0.25) is 0 Å². The number of aromatic nitrogens is 1. The van der Waals surface area contributed by atoms with E-state index in [1.165, 1.54) is 16.3 Å². The van der Waals surface area contributed by atoms with Gasteiger partial charge in [-0.1, -0.05) is 17.7 Å². The van der Waals surface area contributed by atoms with E-state index in [4.69, 9.17) is 4.74 Å². The Kier molecular flexibility index (Phi) is 2.69. The van der Waals surface area contributed by atoms with Crippen LogP contribution in [0.3, 0.4) is 0 Å². The first-order valence-electron chi connectivity index (χ1n) is 6.00. The molecule has 88 valence electrons. The lowest BCUT2D eigenvalue weighted by Crippen LogP contribution is -2.33. The minimum atomic E-state index is 0.636. The minimum absolute atomic E-state index is 0.636. The van der Waals surface area contributed by atoms with Crippen molar-refractivity contribution < 1.29 is 4.74 Å². The average molecular weight is 228 g/mol. The van der Waals surface area contributed by atoms with Crippen LogP contribution in [-0.2, 0) is 4.74 Å². The molecule has 0 radical (unpaired) electrons. The highest BCUT2D eigenvalue weighted by Gasteiger charge is 2.18. The molecule has 1 saturated heterocycles. The van der Waals surface area contributed by atoms with Crippen molar-refractivity contribution in [3.05, 3.63) is 36.0 Å². The predicted molar refractivity (Wildman–Crippen MR) is 69.3 cm³/mol. The number of ether oxygens (including phenoxy) is 1. The molecule has 1 aliphatic heterocycles. The third kappa shape index (κ3) is 2.11. The number of rotatable bonds is 3. The predicted octanol–water partition coefficient (Wildman–Crippen LogP) is 2.60.